The number of nitriles is 1. The molecule has 0 saturated heterocycles. The number of rotatable bonds is 1. The first-order valence-corrected chi connectivity index (χ1v) is 26.4. The lowest BCUT2D eigenvalue weighted by Gasteiger charge is -2.49. The Hall–Kier alpha value is -5.73. The average Bonchev–Trinajstić information content (AvgIpc) is 3.61. The number of anilines is 6. The molecule has 0 spiro atoms. The Morgan fingerprint density at radius 3 is 1.60 bits per heavy atom. The Kier molecular flexibility index (Phi) is 8.96. The summed E-state index contributed by atoms with van der Waals surface area (Å²) < 4.78 is 2.62. The van der Waals surface area contributed by atoms with Gasteiger partial charge in [0, 0.05) is 33.5 Å². The number of benzene rings is 6. The van der Waals surface area contributed by atoms with Crippen molar-refractivity contribution in [3.63, 3.8) is 0 Å². The minimum Gasteiger partial charge on any atom is -0.311 e. The van der Waals surface area contributed by atoms with Gasteiger partial charge in [-0.1, -0.05) is 142 Å². The van der Waals surface area contributed by atoms with Crippen LogP contribution in [0.3, 0.4) is 0 Å². The van der Waals surface area contributed by atoms with Crippen molar-refractivity contribution in [2.24, 2.45) is 0 Å². The second-order valence-corrected chi connectivity index (χ2v) is 28.0. The lowest BCUT2D eigenvalue weighted by molar-refractivity contribution is 0.332. The highest BCUT2D eigenvalue weighted by Crippen LogP contribution is 2.56. The van der Waals surface area contributed by atoms with Crippen LogP contribution in [0.2, 0.25) is 0 Å². The summed E-state index contributed by atoms with van der Waals surface area (Å²) in [5.41, 5.74) is 25.1. The summed E-state index contributed by atoms with van der Waals surface area (Å²) in [5, 5.41) is 13.8. The smallest absolute Gasteiger partial charge is 0.252 e. The molecule has 0 amide bonds. The summed E-state index contributed by atoms with van der Waals surface area (Å²) in [6, 6.07) is 37.2. The van der Waals surface area contributed by atoms with Gasteiger partial charge in [-0.15, -0.1) is 0 Å². The second-order valence-electron chi connectivity index (χ2n) is 28.0. The first kappa shape index (κ1) is 45.4. The normalized spacial score (nSPS) is 18.8. The molecule has 2 aliphatic carbocycles. The maximum absolute atomic E-state index is 11.3. The molecule has 0 fully saturated rings. The Morgan fingerprint density at radius 1 is 0.471 bits per heavy atom. The fraction of sp³-hybridized carbons (Fsp3) is 0.431. The van der Waals surface area contributed by atoms with Crippen LogP contribution in [0.25, 0.3) is 27.5 Å². The molecule has 0 bridgehead atoms. The highest BCUT2D eigenvalue weighted by atomic mass is 15.2. The fourth-order valence-electron chi connectivity index (χ4n) is 13.5. The minimum absolute atomic E-state index is 0.00419. The zero-order valence-electron chi connectivity index (χ0n) is 45.3. The van der Waals surface area contributed by atoms with Crippen LogP contribution in [0, 0.1) is 11.3 Å². The Balaban J connectivity index is 1.27. The van der Waals surface area contributed by atoms with Crippen molar-refractivity contribution in [3.05, 3.63) is 129 Å². The Morgan fingerprint density at radius 2 is 1.00 bits per heavy atom. The number of hydrogen-bond acceptors (Lipinski definition) is 3. The molecule has 5 heteroatoms. The maximum atomic E-state index is 11.3. The first-order chi connectivity index (χ1) is 32.5. The molecule has 6 aromatic carbocycles. The van der Waals surface area contributed by atoms with Crippen LogP contribution in [0.4, 0.5) is 34.1 Å². The van der Waals surface area contributed by atoms with Crippen molar-refractivity contribution >= 4 is 79.0 Å². The van der Waals surface area contributed by atoms with Gasteiger partial charge < -0.3 is 14.4 Å². The standard InChI is InChI=1S/C65H73BN4/c1-59(2,3)38-18-21-50-42(28-38)43-29-39(60(4,5)6)31-54-57(43)69(50)55-32-40(61(7,8)9)30-49-58(55)70(54)53-27-37(36-67)26-52-56(53)66(49)48-34-46-47(65(16,17)25-24-64(46,14)15)35-51(48)68(52)41-19-20-44-45(33-41)63(12,13)23-22-62(44,10)11/h18-21,26-35H,22-25H2,1-17H3. The van der Waals surface area contributed by atoms with E-state index < -0.39 is 0 Å². The van der Waals surface area contributed by atoms with Crippen molar-refractivity contribution in [1.82, 2.24) is 4.57 Å². The van der Waals surface area contributed by atoms with E-state index in [-0.39, 0.29) is 44.6 Å². The lowest BCUT2D eigenvalue weighted by atomic mass is 9.32. The summed E-state index contributed by atoms with van der Waals surface area (Å²) >= 11 is 0. The molecule has 1 aromatic heterocycles. The zero-order chi connectivity index (χ0) is 49.9. The Labute approximate surface area is 419 Å². The van der Waals surface area contributed by atoms with Crippen molar-refractivity contribution < 1.29 is 0 Å². The summed E-state index contributed by atoms with van der Waals surface area (Å²) in [4.78, 5) is 5.21. The SMILES string of the molecule is CC(C)(C)c1cc2c3c(c1)-n1c4ccc(C(C)(C)C)cc4c4cc(C(C)(C)C)cc(c41)N3c1cc(C#N)cc3c1B2c1cc2c(cc1N3c1ccc3c(c1)C(C)(C)CCC3(C)C)C(C)(C)CCC2(C)C. The van der Waals surface area contributed by atoms with Gasteiger partial charge in [0.1, 0.15) is 0 Å². The predicted octanol–water partition coefficient (Wildman–Crippen LogP) is 15.6. The van der Waals surface area contributed by atoms with Crippen molar-refractivity contribution in [2.45, 2.75) is 181 Å². The quantitative estimate of drug-likeness (QED) is 0.154. The molecular formula is C65H73BN4. The molecule has 12 rings (SSSR count). The average molecular weight is 921 g/mol. The number of hydrogen-bond donors (Lipinski definition) is 0. The molecule has 356 valence electrons. The second kappa shape index (κ2) is 13.8. The van der Waals surface area contributed by atoms with Gasteiger partial charge in [0.15, 0.2) is 0 Å². The predicted molar refractivity (Wildman–Crippen MR) is 300 cm³/mol. The van der Waals surface area contributed by atoms with Crippen molar-refractivity contribution in [2.75, 3.05) is 9.80 Å². The van der Waals surface area contributed by atoms with E-state index in [0.29, 0.717) is 5.56 Å². The number of aromatic nitrogens is 1. The van der Waals surface area contributed by atoms with Gasteiger partial charge >= 0.3 is 0 Å². The molecular weight excluding hydrogens is 848 g/mol. The van der Waals surface area contributed by atoms with Crippen molar-refractivity contribution in [1.29, 1.82) is 5.26 Å². The van der Waals surface area contributed by atoms with E-state index in [2.05, 4.69) is 223 Å². The molecule has 5 aliphatic rings. The molecule has 7 aromatic rings. The van der Waals surface area contributed by atoms with Crippen LogP contribution in [-0.2, 0) is 37.9 Å². The van der Waals surface area contributed by atoms with E-state index >= 15 is 0 Å². The molecule has 4 heterocycles. The van der Waals surface area contributed by atoms with Gasteiger partial charge in [0.2, 0.25) is 0 Å². The van der Waals surface area contributed by atoms with E-state index in [1.807, 2.05) is 0 Å². The molecule has 0 saturated carbocycles. The molecule has 0 N–H and O–H groups in total. The molecule has 0 atom stereocenters. The topological polar surface area (TPSA) is 35.2 Å². The van der Waals surface area contributed by atoms with Gasteiger partial charge in [-0.3, -0.25) is 0 Å². The third-order valence-corrected chi connectivity index (χ3v) is 18.3. The third kappa shape index (κ3) is 6.20. The Bertz CT molecular complexity index is 3530. The summed E-state index contributed by atoms with van der Waals surface area (Å²) in [7, 11) is 0. The summed E-state index contributed by atoms with van der Waals surface area (Å²) in [6.45, 7) is 40.7. The van der Waals surface area contributed by atoms with Crippen LogP contribution >= 0.6 is 0 Å². The fourth-order valence-corrected chi connectivity index (χ4v) is 13.5. The summed E-state index contributed by atoms with van der Waals surface area (Å²) in [6.07, 6.45) is 4.60. The number of fused-ring (bicyclic) bond motifs is 11. The first-order valence-electron chi connectivity index (χ1n) is 26.4. The highest BCUT2D eigenvalue weighted by Gasteiger charge is 2.50. The summed E-state index contributed by atoms with van der Waals surface area (Å²) in [5.74, 6) is 0. The largest absolute Gasteiger partial charge is 0.311 e. The number of nitrogens with zero attached hydrogens (tertiary/aromatic N) is 4. The van der Waals surface area contributed by atoms with Gasteiger partial charge in [-0.05, 0) is 180 Å². The van der Waals surface area contributed by atoms with Gasteiger partial charge in [0.05, 0.1) is 39.7 Å². The van der Waals surface area contributed by atoms with Crippen molar-refractivity contribution in [3.8, 4) is 11.8 Å². The van der Waals surface area contributed by atoms with Gasteiger partial charge in [-0.2, -0.15) is 5.26 Å². The van der Waals surface area contributed by atoms with Crippen LogP contribution in [0.1, 0.15) is 188 Å². The lowest BCUT2D eigenvalue weighted by Crippen LogP contribution is -2.62. The monoisotopic (exact) mass is 921 g/mol. The van der Waals surface area contributed by atoms with Gasteiger partial charge in [-0.25, -0.2) is 0 Å². The minimum atomic E-state index is -0.128. The molecule has 0 unspecified atom stereocenters. The van der Waals surface area contributed by atoms with Crippen LogP contribution in [-0.4, -0.2) is 11.3 Å². The van der Waals surface area contributed by atoms with E-state index in [0.717, 1.165) is 30.6 Å². The third-order valence-electron chi connectivity index (χ3n) is 18.3. The van der Waals surface area contributed by atoms with Gasteiger partial charge in [0.25, 0.3) is 6.71 Å². The molecule has 4 nitrogen and oxygen atoms in total. The van der Waals surface area contributed by atoms with E-state index in [1.54, 1.807) is 0 Å². The molecule has 70 heavy (non-hydrogen) atoms. The zero-order valence-corrected chi connectivity index (χ0v) is 45.3. The molecule has 3 aliphatic heterocycles. The highest BCUT2D eigenvalue weighted by molar-refractivity contribution is 7.00. The maximum Gasteiger partial charge on any atom is 0.252 e. The van der Waals surface area contributed by atoms with E-state index in [9.17, 15) is 5.26 Å². The van der Waals surface area contributed by atoms with Crippen LogP contribution < -0.4 is 26.2 Å². The molecule has 0 radical (unpaired) electrons. The van der Waals surface area contributed by atoms with Crippen LogP contribution in [0.15, 0.2) is 84.9 Å². The van der Waals surface area contributed by atoms with E-state index in [4.69, 9.17) is 0 Å². The van der Waals surface area contributed by atoms with E-state index in [1.165, 1.54) is 112 Å². The van der Waals surface area contributed by atoms with Crippen LogP contribution in [0.5, 0.6) is 0 Å².